The molecule has 0 spiro atoms. The quantitative estimate of drug-likeness (QED) is 0.613. The Morgan fingerprint density at radius 3 is 2.17 bits per heavy atom. The molecule has 0 aliphatic heterocycles. The Hall–Kier alpha value is -0.530. The van der Waals surface area contributed by atoms with E-state index in [-0.39, 0.29) is 0 Å². The van der Waals surface area contributed by atoms with Gasteiger partial charge in [-0.25, -0.2) is 4.79 Å². The average Bonchev–Trinajstić information content (AvgIpc) is 1.96. The normalized spacial score (nSPS) is 13.5. The van der Waals surface area contributed by atoms with E-state index in [1.54, 1.807) is 0 Å². The van der Waals surface area contributed by atoms with Crippen molar-refractivity contribution in [1.82, 2.24) is 0 Å². The van der Waals surface area contributed by atoms with Crippen molar-refractivity contribution in [2.24, 2.45) is 17.8 Å². The minimum Gasteiger partial charge on any atom is -0.457 e. The van der Waals surface area contributed by atoms with Crippen molar-refractivity contribution in [3.63, 3.8) is 0 Å². The lowest BCUT2D eigenvalue weighted by atomic mass is 9.88. The van der Waals surface area contributed by atoms with Gasteiger partial charge in [-0.1, -0.05) is 27.7 Å². The van der Waals surface area contributed by atoms with Crippen LogP contribution in [0.25, 0.3) is 0 Å². The molecule has 0 bridgehead atoms. The zero-order chi connectivity index (χ0) is 9.56. The molecule has 0 aliphatic rings. The summed E-state index contributed by atoms with van der Waals surface area (Å²) in [7, 11) is 0. The highest BCUT2D eigenvalue weighted by atomic mass is 16.5. The fourth-order valence-corrected chi connectivity index (χ4v) is 1.28. The van der Waals surface area contributed by atoms with Crippen LogP contribution in [0.3, 0.4) is 0 Å². The Morgan fingerprint density at radius 2 is 1.83 bits per heavy atom. The highest BCUT2D eigenvalue weighted by molar-refractivity contribution is 5.38. The molecule has 0 heterocycles. The summed E-state index contributed by atoms with van der Waals surface area (Å²) in [5, 5.41) is 0. The maximum atomic E-state index is 9.87. The van der Waals surface area contributed by atoms with Crippen molar-refractivity contribution in [3.05, 3.63) is 0 Å². The van der Waals surface area contributed by atoms with Gasteiger partial charge in [0, 0.05) is 0 Å². The van der Waals surface area contributed by atoms with Crippen LogP contribution in [0.4, 0.5) is 0 Å². The molecule has 12 heavy (non-hydrogen) atoms. The zero-order valence-electron chi connectivity index (χ0n) is 8.46. The van der Waals surface area contributed by atoms with Gasteiger partial charge in [0.1, 0.15) is 0 Å². The van der Waals surface area contributed by atoms with Gasteiger partial charge >= 0.3 is 6.47 Å². The van der Waals surface area contributed by atoms with Gasteiger partial charge in [0.25, 0.3) is 0 Å². The maximum absolute atomic E-state index is 9.87. The van der Waals surface area contributed by atoms with Crippen molar-refractivity contribution < 1.29 is 9.53 Å². The fraction of sp³-hybridized carbons (Fsp3) is 0.900. The molecule has 1 atom stereocenters. The lowest BCUT2D eigenvalue weighted by Crippen LogP contribution is -2.17. The Labute approximate surface area is 75.3 Å². The average molecular weight is 171 g/mol. The van der Waals surface area contributed by atoms with E-state index in [9.17, 15) is 4.79 Å². The summed E-state index contributed by atoms with van der Waals surface area (Å²) < 4.78 is 4.65. The second-order valence-electron chi connectivity index (χ2n) is 4.03. The van der Waals surface area contributed by atoms with E-state index in [0.29, 0.717) is 24.4 Å². The first-order valence-electron chi connectivity index (χ1n) is 4.56. The topological polar surface area (TPSA) is 26.3 Å². The van der Waals surface area contributed by atoms with Gasteiger partial charge in [-0.05, 0) is 24.2 Å². The smallest absolute Gasteiger partial charge is 0.417 e. The monoisotopic (exact) mass is 171 g/mol. The largest absolute Gasteiger partial charge is 0.457 e. The molecule has 2 heteroatoms. The highest BCUT2D eigenvalue weighted by Gasteiger charge is 2.15. The number of hydrogen-bond acceptors (Lipinski definition) is 2. The molecule has 0 rings (SSSR count). The van der Waals surface area contributed by atoms with Crippen LogP contribution in [0.2, 0.25) is 0 Å². The van der Waals surface area contributed by atoms with E-state index >= 15 is 0 Å². The summed E-state index contributed by atoms with van der Waals surface area (Å²) in [6.45, 7) is 10.7. The molecule has 1 unspecified atom stereocenters. The van der Waals surface area contributed by atoms with Gasteiger partial charge in [0.15, 0.2) is 0 Å². The van der Waals surface area contributed by atoms with Crippen LogP contribution in [-0.4, -0.2) is 13.1 Å². The van der Waals surface area contributed by atoms with Crippen molar-refractivity contribution in [3.8, 4) is 0 Å². The van der Waals surface area contributed by atoms with E-state index in [1.165, 1.54) is 6.47 Å². The Bertz CT molecular complexity index is 119. The van der Waals surface area contributed by atoms with Gasteiger partial charge in [-0.2, -0.15) is 0 Å². The van der Waals surface area contributed by atoms with Crippen molar-refractivity contribution in [2.75, 3.05) is 6.61 Å². The minimum atomic E-state index is 0.478. The van der Waals surface area contributed by atoms with E-state index in [4.69, 9.17) is 0 Å². The molecule has 0 aromatic carbocycles. The Balaban J connectivity index is 3.77. The SMILES string of the molecule is CC(C)CC(CO[C]=O)C(C)C. The van der Waals surface area contributed by atoms with E-state index in [1.807, 2.05) is 0 Å². The Morgan fingerprint density at radius 1 is 1.25 bits per heavy atom. The molecule has 0 N–H and O–H groups in total. The number of ether oxygens (including phenoxy) is 1. The summed E-state index contributed by atoms with van der Waals surface area (Å²) in [6.07, 6.45) is 1.11. The van der Waals surface area contributed by atoms with Gasteiger partial charge < -0.3 is 4.74 Å². The predicted octanol–water partition coefficient (Wildman–Crippen LogP) is 2.39. The van der Waals surface area contributed by atoms with E-state index in [2.05, 4.69) is 32.4 Å². The third-order valence-electron chi connectivity index (χ3n) is 2.07. The molecular formula is C10H19O2. The summed E-state index contributed by atoms with van der Waals surface area (Å²) in [6, 6.07) is 0. The fourth-order valence-electron chi connectivity index (χ4n) is 1.28. The minimum absolute atomic E-state index is 0.478. The van der Waals surface area contributed by atoms with Gasteiger partial charge in [-0.15, -0.1) is 0 Å². The lowest BCUT2D eigenvalue weighted by Gasteiger charge is -2.20. The molecule has 71 valence electrons. The summed E-state index contributed by atoms with van der Waals surface area (Å²) in [5.74, 6) is 1.71. The summed E-state index contributed by atoms with van der Waals surface area (Å²) >= 11 is 0. The summed E-state index contributed by atoms with van der Waals surface area (Å²) in [4.78, 5) is 9.87. The number of carbonyl (C=O) groups excluding carboxylic acids is 1. The molecule has 0 aromatic heterocycles. The Kier molecular flexibility index (Phi) is 5.77. The maximum Gasteiger partial charge on any atom is 0.417 e. The van der Waals surface area contributed by atoms with Crippen molar-refractivity contribution in [2.45, 2.75) is 34.1 Å². The molecule has 0 saturated heterocycles. The van der Waals surface area contributed by atoms with E-state index in [0.717, 1.165) is 6.42 Å². The van der Waals surface area contributed by atoms with Crippen molar-refractivity contribution >= 4 is 6.47 Å². The molecular weight excluding hydrogens is 152 g/mol. The first-order valence-corrected chi connectivity index (χ1v) is 4.56. The van der Waals surface area contributed by atoms with E-state index < -0.39 is 0 Å². The third kappa shape index (κ3) is 5.16. The molecule has 0 aliphatic carbocycles. The molecule has 0 fully saturated rings. The molecule has 2 nitrogen and oxygen atoms in total. The standard InChI is InChI=1S/C10H19O2/c1-8(2)5-10(9(3)4)6-12-7-11/h8-10H,5-6H2,1-4H3. The van der Waals surface area contributed by atoms with Crippen LogP contribution < -0.4 is 0 Å². The van der Waals surface area contributed by atoms with Crippen molar-refractivity contribution in [1.29, 1.82) is 0 Å². The number of hydrogen-bond donors (Lipinski definition) is 0. The van der Waals surface area contributed by atoms with Crippen LogP contribution in [0, 0.1) is 17.8 Å². The van der Waals surface area contributed by atoms with Crippen LogP contribution in [0.15, 0.2) is 0 Å². The molecule has 0 aromatic rings. The second-order valence-corrected chi connectivity index (χ2v) is 4.03. The molecule has 0 saturated carbocycles. The molecule has 1 radical (unpaired) electrons. The van der Waals surface area contributed by atoms with Crippen LogP contribution in [0.5, 0.6) is 0 Å². The zero-order valence-corrected chi connectivity index (χ0v) is 8.46. The first kappa shape index (κ1) is 11.5. The highest BCUT2D eigenvalue weighted by Crippen LogP contribution is 2.19. The first-order chi connectivity index (χ1) is 5.57. The van der Waals surface area contributed by atoms with Gasteiger partial charge in [-0.3, -0.25) is 0 Å². The van der Waals surface area contributed by atoms with Gasteiger partial charge in [0.2, 0.25) is 0 Å². The number of rotatable bonds is 6. The predicted molar refractivity (Wildman–Crippen MR) is 49.4 cm³/mol. The van der Waals surface area contributed by atoms with Crippen LogP contribution in [-0.2, 0) is 9.53 Å². The third-order valence-corrected chi connectivity index (χ3v) is 2.07. The van der Waals surface area contributed by atoms with Gasteiger partial charge in [0.05, 0.1) is 6.61 Å². The van der Waals surface area contributed by atoms with Crippen LogP contribution >= 0.6 is 0 Å². The van der Waals surface area contributed by atoms with Crippen LogP contribution in [0.1, 0.15) is 34.1 Å². The summed E-state index contributed by atoms with van der Waals surface area (Å²) in [5.41, 5.74) is 0. The second kappa shape index (κ2) is 6.04. The molecule has 0 amide bonds. The lowest BCUT2D eigenvalue weighted by molar-refractivity contribution is 0.169.